The third kappa shape index (κ3) is 4.17. The molecule has 28 heavy (non-hydrogen) atoms. The van der Waals surface area contributed by atoms with Crippen molar-refractivity contribution in [1.82, 2.24) is 19.8 Å². The van der Waals surface area contributed by atoms with E-state index in [2.05, 4.69) is 16.9 Å². The van der Waals surface area contributed by atoms with Crippen LogP contribution in [0.3, 0.4) is 0 Å². The number of hydrogen-bond donors (Lipinski definition) is 0. The van der Waals surface area contributed by atoms with Gasteiger partial charge in [0.05, 0.1) is 13.5 Å². The Hall–Kier alpha value is -2.47. The fraction of sp³-hybridized carbons (Fsp3) is 0.500. The molecule has 0 N–H and O–H groups in total. The van der Waals surface area contributed by atoms with Crippen LogP contribution in [0.1, 0.15) is 41.4 Å². The molecule has 2 aromatic rings. The second kappa shape index (κ2) is 8.27. The second-order valence-corrected chi connectivity index (χ2v) is 7.87. The molecule has 1 saturated heterocycles. The number of fused-ring (bicyclic) bond motifs is 1. The number of likely N-dealkylation sites (N-methyl/N-ethyl adjacent to an activating group) is 1. The molecular formula is C22H28N4O2. The van der Waals surface area contributed by atoms with Crippen LogP contribution in [-0.2, 0) is 24.2 Å². The summed E-state index contributed by atoms with van der Waals surface area (Å²) in [6, 6.07) is 7.74. The molecule has 2 aliphatic rings. The van der Waals surface area contributed by atoms with Crippen molar-refractivity contribution in [2.75, 3.05) is 33.8 Å². The van der Waals surface area contributed by atoms with Gasteiger partial charge in [0.15, 0.2) is 0 Å². The molecule has 0 bridgehead atoms. The Kier molecular flexibility index (Phi) is 5.57. The number of ether oxygens (including phenoxy) is 1. The number of methoxy groups -OCH3 is 1. The number of aromatic nitrogens is 2. The third-order valence-corrected chi connectivity index (χ3v) is 5.85. The number of nitrogens with zero attached hydrogens (tertiary/aromatic N) is 4. The molecule has 1 fully saturated rings. The summed E-state index contributed by atoms with van der Waals surface area (Å²) < 4.78 is 5.25. The van der Waals surface area contributed by atoms with E-state index in [1.165, 1.54) is 11.3 Å². The van der Waals surface area contributed by atoms with Crippen molar-refractivity contribution in [2.45, 2.75) is 38.1 Å². The Morgan fingerprint density at radius 1 is 1.25 bits per heavy atom. The van der Waals surface area contributed by atoms with Crippen LogP contribution in [0, 0.1) is 0 Å². The minimum Gasteiger partial charge on any atom is -0.497 e. The van der Waals surface area contributed by atoms with Crippen molar-refractivity contribution < 1.29 is 9.53 Å². The summed E-state index contributed by atoms with van der Waals surface area (Å²) in [5, 5.41) is 0. The number of carbonyl (C=O) groups excluding carboxylic acids is 1. The average molecular weight is 380 g/mol. The fourth-order valence-electron chi connectivity index (χ4n) is 4.13. The van der Waals surface area contributed by atoms with Crippen molar-refractivity contribution in [3.8, 4) is 5.75 Å². The first-order chi connectivity index (χ1) is 13.6. The largest absolute Gasteiger partial charge is 0.497 e. The predicted molar refractivity (Wildman–Crippen MR) is 107 cm³/mol. The molecule has 0 radical (unpaired) electrons. The molecule has 1 aromatic carbocycles. The highest BCUT2D eigenvalue weighted by Crippen LogP contribution is 2.27. The van der Waals surface area contributed by atoms with Crippen LogP contribution in [0.2, 0.25) is 0 Å². The zero-order valence-corrected chi connectivity index (χ0v) is 16.7. The van der Waals surface area contributed by atoms with Crippen LogP contribution in [-0.4, -0.2) is 59.5 Å². The van der Waals surface area contributed by atoms with E-state index in [0.717, 1.165) is 62.6 Å². The smallest absolute Gasteiger partial charge is 0.226 e. The molecule has 0 unspecified atom stereocenters. The van der Waals surface area contributed by atoms with Crippen LogP contribution in [0.25, 0.3) is 0 Å². The van der Waals surface area contributed by atoms with E-state index < -0.39 is 0 Å². The first-order valence-electron chi connectivity index (χ1n) is 10.1. The Morgan fingerprint density at radius 2 is 2.07 bits per heavy atom. The van der Waals surface area contributed by atoms with Crippen LogP contribution in [0.4, 0.5) is 0 Å². The summed E-state index contributed by atoms with van der Waals surface area (Å²) in [5.74, 6) is 2.29. The molecule has 0 saturated carbocycles. The fourth-order valence-corrected chi connectivity index (χ4v) is 4.13. The lowest BCUT2D eigenvalue weighted by molar-refractivity contribution is -0.131. The summed E-state index contributed by atoms with van der Waals surface area (Å²) in [7, 11) is 3.78. The number of benzene rings is 1. The van der Waals surface area contributed by atoms with Gasteiger partial charge in [0.1, 0.15) is 11.6 Å². The number of amides is 1. The highest BCUT2D eigenvalue weighted by Gasteiger charge is 2.26. The molecule has 3 heterocycles. The van der Waals surface area contributed by atoms with Crippen molar-refractivity contribution in [1.29, 1.82) is 0 Å². The van der Waals surface area contributed by atoms with Gasteiger partial charge in [-0.25, -0.2) is 9.97 Å². The Labute approximate surface area is 166 Å². The first kappa shape index (κ1) is 18.9. The number of hydrogen-bond acceptors (Lipinski definition) is 5. The maximum Gasteiger partial charge on any atom is 0.226 e. The molecule has 0 atom stereocenters. The zero-order valence-electron chi connectivity index (χ0n) is 16.7. The van der Waals surface area contributed by atoms with Gasteiger partial charge in [-0.3, -0.25) is 4.79 Å². The van der Waals surface area contributed by atoms with Crippen LogP contribution >= 0.6 is 0 Å². The standard InChI is InChI=1S/C22H28N4O2/c1-25-9-8-20-18(15-25)14-23-22(24-20)17-6-10-26(11-7-17)21(27)13-16-4-3-5-19(12-16)28-2/h3-5,12,14,17H,6-11,13,15H2,1-2H3. The first-order valence-corrected chi connectivity index (χ1v) is 10.1. The van der Waals surface area contributed by atoms with Crippen LogP contribution in [0.15, 0.2) is 30.5 Å². The van der Waals surface area contributed by atoms with Crippen molar-refractivity contribution in [2.24, 2.45) is 0 Å². The predicted octanol–water partition coefficient (Wildman–Crippen LogP) is 2.42. The molecule has 0 aliphatic carbocycles. The van der Waals surface area contributed by atoms with Crippen LogP contribution in [0.5, 0.6) is 5.75 Å². The van der Waals surface area contributed by atoms with Gasteiger partial charge in [-0.15, -0.1) is 0 Å². The molecule has 1 aromatic heterocycles. The third-order valence-electron chi connectivity index (χ3n) is 5.85. The van der Waals surface area contributed by atoms with Crippen molar-refractivity contribution in [3.63, 3.8) is 0 Å². The Balaban J connectivity index is 1.35. The molecule has 0 spiro atoms. The SMILES string of the molecule is COc1cccc(CC(=O)N2CCC(c3ncc4c(n3)CCN(C)C4)CC2)c1. The molecule has 4 rings (SSSR count). The van der Waals surface area contributed by atoms with Gasteiger partial charge >= 0.3 is 0 Å². The van der Waals surface area contributed by atoms with Gasteiger partial charge < -0.3 is 14.5 Å². The second-order valence-electron chi connectivity index (χ2n) is 7.87. The molecule has 6 nitrogen and oxygen atoms in total. The summed E-state index contributed by atoms with van der Waals surface area (Å²) in [4.78, 5) is 26.5. The Bertz CT molecular complexity index is 846. The lowest BCUT2D eigenvalue weighted by Gasteiger charge is -2.32. The van der Waals surface area contributed by atoms with Gasteiger partial charge in [0.2, 0.25) is 5.91 Å². The highest BCUT2D eigenvalue weighted by atomic mass is 16.5. The number of likely N-dealkylation sites (tertiary alicyclic amines) is 1. The van der Waals surface area contributed by atoms with E-state index in [1.807, 2.05) is 35.4 Å². The van der Waals surface area contributed by atoms with E-state index >= 15 is 0 Å². The summed E-state index contributed by atoms with van der Waals surface area (Å²) in [6.07, 6.45) is 5.29. The van der Waals surface area contributed by atoms with E-state index in [-0.39, 0.29) is 5.91 Å². The van der Waals surface area contributed by atoms with E-state index in [1.54, 1.807) is 7.11 Å². The summed E-state index contributed by atoms with van der Waals surface area (Å²) in [6.45, 7) is 3.54. The Morgan fingerprint density at radius 3 is 2.86 bits per heavy atom. The van der Waals surface area contributed by atoms with Gasteiger partial charge in [0.25, 0.3) is 0 Å². The maximum atomic E-state index is 12.7. The maximum absolute atomic E-state index is 12.7. The minimum atomic E-state index is 0.182. The monoisotopic (exact) mass is 380 g/mol. The highest BCUT2D eigenvalue weighted by molar-refractivity contribution is 5.79. The van der Waals surface area contributed by atoms with Gasteiger partial charge in [0, 0.05) is 56.0 Å². The number of piperidine rings is 1. The van der Waals surface area contributed by atoms with E-state index in [9.17, 15) is 4.79 Å². The minimum absolute atomic E-state index is 0.182. The van der Waals surface area contributed by atoms with Gasteiger partial charge in [-0.1, -0.05) is 12.1 Å². The molecular weight excluding hydrogens is 352 g/mol. The lowest BCUT2D eigenvalue weighted by atomic mass is 9.95. The number of carbonyl (C=O) groups is 1. The van der Waals surface area contributed by atoms with Crippen molar-refractivity contribution in [3.05, 3.63) is 53.1 Å². The molecule has 2 aliphatic heterocycles. The van der Waals surface area contributed by atoms with Gasteiger partial charge in [-0.05, 0) is 37.6 Å². The quantitative estimate of drug-likeness (QED) is 0.815. The van der Waals surface area contributed by atoms with E-state index in [4.69, 9.17) is 9.72 Å². The van der Waals surface area contributed by atoms with Crippen LogP contribution < -0.4 is 4.74 Å². The average Bonchev–Trinajstić information content (AvgIpc) is 2.73. The molecule has 1 amide bonds. The molecule has 148 valence electrons. The molecule has 6 heteroatoms. The number of rotatable bonds is 4. The lowest BCUT2D eigenvalue weighted by Crippen LogP contribution is -2.39. The topological polar surface area (TPSA) is 58.6 Å². The normalized spacial score (nSPS) is 18.0. The van der Waals surface area contributed by atoms with Crippen molar-refractivity contribution >= 4 is 5.91 Å². The summed E-state index contributed by atoms with van der Waals surface area (Å²) in [5.41, 5.74) is 3.46. The van der Waals surface area contributed by atoms with Gasteiger partial charge in [-0.2, -0.15) is 0 Å². The zero-order chi connectivity index (χ0) is 19.5. The van der Waals surface area contributed by atoms with E-state index in [0.29, 0.717) is 12.3 Å². The summed E-state index contributed by atoms with van der Waals surface area (Å²) >= 11 is 0.